The highest BCUT2D eigenvalue weighted by molar-refractivity contribution is 14.1. The topological polar surface area (TPSA) is 47.6 Å². The van der Waals surface area contributed by atoms with Gasteiger partial charge in [-0.05, 0) is 20.5 Å². The summed E-state index contributed by atoms with van der Waals surface area (Å²) in [5.41, 5.74) is 0. The lowest BCUT2D eigenvalue weighted by atomic mass is 10.3. The van der Waals surface area contributed by atoms with Crippen LogP contribution in [0.1, 0.15) is 19.8 Å². The number of carbonyl (C=O) groups excluding carboxylic acids is 1. The zero-order valence-corrected chi connectivity index (χ0v) is 14.0. The van der Waals surface area contributed by atoms with E-state index < -0.39 is 0 Å². The molecule has 0 saturated carbocycles. The van der Waals surface area contributed by atoms with E-state index in [1.165, 1.54) is 0 Å². The molecule has 0 heterocycles. The van der Waals surface area contributed by atoms with Crippen LogP contribution in [0.15, 0.2) is 0 Å². The standard InChI is InChI=1S/C12H27IN4O/c1-4-5-12(18)14-6-8-17(9-7-15-13)11-10-16(2)3/h15H,4-11H2,1-3H3,(H,14,18). The van der Waals surface area contributed by atoms with Crippen molar-refractivity contribution < 1.29 is 4.79 Å². The molecule has 0 aromatic heterocycles. The first-order valence-corrected chi connectivity index (χ1v) is 7.65. The van der Waals surface area contributed by atoms with Gasteiger partial charge in [0.25, 0.3) is 0 Å². The second kappa shape index (κ2) is 12.1. The van der Waals surface area contributed by atoms with Crippen LogP contribution in [0, 0.1) is 0 Å². The summed E-state index contributed by atoms with van der Waals surface area (Å²) >= 11 is 2.17. The van der Waals surface area contributed by atoms with E-state index in [-0.39, 0.29) is 5.91 Å². The summed E-state index contributed by atoms with van der Waals surface area (Å²) in [7, 11) is 4.16. The van der Waals surface area contributed by atoms with E-state index in [9.17, 15) is 4.79 Å². The van der Waals surface area contributed by atoms with Gasteiger partial charge in [-0.3, -0.25) is 13.2 Å². The number of nitrogens with one attached hydrogen (secondary N) is 2. The third kappa shape index (κ3) is 11.2. The zero-order valence-electron chi connectivity index (χ0n) is 11.8. The largest absolute Gasteiger partial charge is 0.355 e. The minimum Gasteiger partial charge on any atom is -0.355 e. The highest BCUT2D eigenvalue weighted by atomic mass is 127. The summed E-state index contributed by atoms with van der Waals surface area (Å²) in [6, 6.07) is 0. The molecule has 0 aliphatic heterocycles. The molecule has 108 valence electrons. The molecule has 0 rings (SSSR count). The minimum atomic E-state index is 0.164. The van der Waals surface area contributed by atoms with Crippen LogP contribution in [-0.4, -0.2) is 69.1 Å². The summed E-state index contributed by atoms with van der Waals surface area (Å²) in [5.74, 6) is 0.164. The normalized spacial score (nSPS) is 11.2. The molecule has 1 amide bonds. The number of nitrogens with zero attached hydrogens (tertiary/aromatic N) is 2. The van der Waals surface area contributed by atoms with Crippen molar-refractivity contribution in [2.75, 3.05) is 53.4 Å². The number of halogens is 1. The van der Waals surface area contributed by atoms with Crippen molar-refractivity contribution in [1.29, 1.82) is 0 Å². The van der Waals surface area contributed by atoms with Gasteiger partial charge in [-0.2, -0.15) is 0 Å². The summed E-state index contributed by atoms with van der Waals surface area (Å²) in [6.45, 7) is 7.75. The fourth-order valence-electron chi connectivity index (χ4n) is 1.55. The van der Waals surface area contributed by atoms with Crippen molar-refractivity contribution in [1.82, 2.24) is 18.6 Å². The Balaban J connectivity index is 3.80. The minimum absolute atomic E-state index is 0.164. The summed E-state index contributed by atoms with van der Waals surface area (Å²) in [4.78, 5) is 15.9. The van der Waals surface area contributed by atoms with Crippen molar-refractivity contribution in [2.24, 2.45) is 0 Å². The number of hydrogen-bond acceptors (Lipinski definition) is 4. The van der Waals surface area contributed by atoms with Crippen molar-refractivity contribution in [3.8, 4) is 0 Å². The van der Waals surface area contributed by atoms with Gasteiger partial charge < -0.3 is 10.2 Å². The van der Waals surface area contributed by atoms with E-state index in [2.05, 4.69) is 55.6 Å². The lowest BCUT2D eigenvalue weighted by Crippen LogP contribution is -2.40. The van der Waals surface area contributed by atoms with Gasteiger partial charge in [0.1, 0.15) is 0 Å². The average Bonchev–Trinajstić information content (AvgIpc) is 2.32. The second-order valence-electron chi connectivity index (χ2n) is 4.63. The maximum absolute atomic E-state index is 11.4. The Hall–Kier alpha value is 0.0800. The molecule has 0 unspecified atom stereocenters. The Morgan fingerprint density at radius 2 is 1.78 bits per heavy atom. The SMILES string of the molecule is CCCC(=O)NCCN(CCNI)CCN(C)C. The summed E-state index contributed by atoms with van der Waals surface area (Å²) in [5, 5.41) is 2.96. The predicted molar refractivity (Wildman–Crippen MR) is 84.9 cm³/mol. The third-order valence-corrected chi connectivity index (χ3v) is 3.15. The van der Waals surface area contributed by atoms with Gasteiger partial charge in [-0.25, -0.2) is 0 Å². The van der Waals surface area contributed by atoms with Crippen LogP contribution < -0.4 is 8.85 Å². The van der Waals surface area contributed by atoms with Crippen molar-refractivity contribution in [2.45, 2.75) is 19.8 Å². The zero-order chi connectivity index (χ0) is 13.8. The quantitative estimate of drug-likeness (QED) is 0.416. The maximum Gasteiger partial charge on any atom is 0.220 e. The molecule has 2 N–H and O–H groups in total. The highest BCUT2D eigenvalue weighted by Crippen LogP contribution is 1.90. The molecule has 18 heavy (non-hydrogen) atoms. The molecule has 0 aromatic carbocycles. The van der Waals surface area contributed by atoms with Gasteiger partial charge in [0.05, 0.1) is 0 Å². The summed E-state index contributed by atoms with van der Waals surface area (Å²) in [6.07, 6.45) is 1.54. The molecular formula is C12H27IN4O. The van der Waals surface area contributed by atoms with E-state index in [4.69, 9.17) is 0 Å². The Morgan fingerprint density at radius 3 is 2.33 bits per heavy atom. The van der Waals surface area contributed by atoms with Gasteiger partial charge in [0.15, 0.2) is 0 Å². The fraction of sp³-hybridized carbons (Fsp3) is 0.917. The number of amides is 1. The van der Waals surface area contributed by atoms with Gasteiger partial charge >= 0.3 is 0 Å². The Bertz CT molecular complexity index is 214. The molecule has 6 heteroatoms. The summed E-state index contributed by atoms with van der Waals surface area (Å²) < 4.78 is 3.13. The lowest BCUT2D eigenvalue weighted by molar-refractivity contribution is -0.121. The number of carbonyl (C=O) groups is 1. The molecule has 0 spiro atoms. The molecule has 0 aliphatic carbocycles. The van der Waals surface area contributed by atoms with Gasteiger partial charge in [0, 0.05) is 68.6 Å². The van der Waals surface area contributed by atoms with E-state index in [1.807, 2.05) is 6.92 Å². The lowest BCUT2D eigenvalue weighted by Gasteiger charge is -2.23. The number of rotatable bonds is 11. The predicted octanol–water partition coefficient (Wildman–Crippen LogP) is 0.706. The molecule has 0 bridgehead atoms. The number of hydrogen-bond donors (Lipinski definition) is 2. The first-order chi connectivity index (χ1) is 8.60. The third-order valence-electron chi connectivity index (χ3n) is 2.61. The van der Waals surface area contributed by atoms with E-state index in [0.717, 1.165) is 45.7 Å². The monoisotopic (exact) mass is 370 g/mol. The molecule has 0 fully saturated rings. The smallest absolute Gasteiger partial charge is 0.220 e. The van der Waals surface area contributed by atoms with Crippen molar-refractivity contribution in [3.05, 3.63) is 0 Å². The first kappa shape index (κ1) is 18.1. The fourth-order valence-corrected chi connectivity index (χ4v) is 1.79. The molecule has 0 atom stereocenters. The second-order valence-corrected chi connectivity index (χ2v) is 5.39. The van der Waals surface area contributed by atoms with Gasteiger partial charge in [0.2, 0.25) is 5.91 Å². The van der Waals surface area contributed by atoms with Crippen LogP contribution in [0.2, 0.25) is 0 Å². The number of likely N-dealkylation sites (N-methyl/N-ethyl adjacent to an activating group) is 1. The molecular weight excluding hydrogens is 343 g/mol. The van der Waals surface area contributed by atoms with E-state index >= 15 is 0 Å². The van der Waals surface area contributed by atoms with Crippen LogP contribution in [0.25, 0.3) is 0 Å². The molecule has 5 nitrogen and oxygen atoms in total. The Kier molecular flexibility index (Phi) is 12.2. The van der Waals surface area contributed by atoms with Crippen LogP contribution in [0.3, 0.4) is 0 Å². The van der Waals surface area contributed by atoms with Gasteiger partial charge in [-0.1, -0.05) is 6.92 Å². The van der Waals surface area contributed by atoms with E-state index in [1.54, 1.807) is 0 Å². The first-order valence-electron chi connectivity index (χ1n) is 6.57. The van der Waals surface area contributed by atoms with Crippen LogP contribution in [-0.2, 0) is 4.79 Å². The van der Waals surface area contributed by atoms with E-state index in [0.29, 0.717) is 6.42 Å². The van der Waals surface area contributed by atoms with Gasteiger partial charge in [-0.15, -0.1) is 0 Å². The molecule has 0 aliphatic rings. The molecule has 0 radical (unpaired) electrons. The van der Waals surface area contributed by atoms with Crippen LogP contribution in [0.4, 0.5) is 0 Å². The molecule has 0 saturated heterocycles. The van der Waals surface area contributed by atoms with Crippen LogP contribution >= 0.6 is 22.9 Å². The Morgan fingerprint density at radius 1 is 1.11 bits per heavy atom. The molecule has 0 aromatic rings. The maximum atomic E-state index is 11.4. The highest BCUT2D eigenvalue weighted by Gasteiger charge is 2.06. The van der Waals surface area contributed by atoms with Crippen molar-refractivity contribution in [3.63, 3.8) is 0 Å². The Labute approximate surface area is 125 Å². The van der Waals surface area contributed by atoms with Crippen LogP contribution in [0.5, 0.6) is 0 Å². The average molecular weight is 370 g/mol. The van der Waals surface area contributed by atoms with Crippen molar-refractivity contribution >= 4 is 28.8 Å².